The molecule has 0 radical (unpaired) electrons. The number of fused-ring (bicyclic) bond motifs is 1. The van der Waals surface area contributed by atoms with Crippen molar-refractivity contribution >= 4 is 11.4 Å². The molecule has 1 unspecified atom stereocenters. The first-order valence-electron chi connectivity index (χ1n) is 10.4. The Bertz CT molecular complexity index is 762. The molecule has 4 rings (SSSR count). The van der Waals surface area contributed by atoms with Crippen molar-refractivity contribution in [1.29, 1.82) is 0 Å². The number of hydrogen-bond acceptors (Lipinski definition) is 3. The Labute approximate surface area is 164 Å². The molecule has 0 saturated heterocycles. The number of benzene rings is 1. The van der Waals surface area contributed by atoms with Gasteiger partial charge in [-0.1, -0.05) is 38.3 Å². The van der Waals surface area contributed by atoms with Crippen molar-refractivity contribution in [3.05, 3.63) is 60.3 Å². The lowest BCUT2D eigenvalue weighted by atomic mass is 9.48. The summed E-state index contributed by atoms with van der Waals surface area (Å²) in [5.74, 6) is 0.825. The number of allylic oxidation sites excluding steroid dienone is 3. The monoisotopic (exact) mass is 363 g/mol. The van der Waals surface area contributed by atoms with E-state index in [4.69, 9.17) is 0 Å². The molecule has 0 aromatic heterocycles. The molecule has 2 fully saturated rings. The van der Waals surface area contributed by atoms with Gasteiger partial charge in [-0.25, -0.2) is 0 Å². The maximum Gasteiger partial charge on any atom is 0.0396 e. The highest BCUT2D eigenvalue weighted by molar-refractivity contribution is 5.64. The molecule has 1 aliphatic heterocycles. The summed E-state index contributed by atoms with van der Waals surface area (Å²) >= 11 is 0. The van der Waals surface area contributed by atoms with Crippen molar-refractivity contribution in [2.45, 2.75) is 57.5 Å². The molecule has 3 nitrogen and oxygen atoms in total. The van der Waals surface area contributed by atoms with Gasteiger partial charge in [-0.3, -0.25) is 0 Å². The number of anilines is 2. The highest BCUT2D eigenvalue weighted by Gasteiger charge is 2.55. The van der Waals surface area contributed by atoms with E-state index in [-0.39, 0.29) is 0 Å². The van der Waals surface area contributed by atoms with Crippen molar-refractivity contribution in [1.82, 2.24) is 5.32 Å². The molecule has 1 spiro atoms. The van der Waals surface area contributed by atoms with Crippen LogP contribution in [0.1, 0.15) is 44.6 Å². The van der Waals surface area contributed by atoms with Crippen molar-refractivity contribution < 1.29 is 0 Å². The zero-order chi connectivity index (χ0) is 19.0. The predicted octanol–water partition coefficient (Wildman–Crippen LogP) is 5.25. The van der Waals surface area contributed by atoms with Gasteiger partial charge in [0.1, 0.15) is 0 Å². The van der Waals surface area contributed by atoms with Crippen LogP contribution in [0.15, 0.2) is 54.8 Å². The fraction of sp³-hybridized carbons (Fsp3) is 0.500. The quantitative estimate of drug-likeness (QED) is 0.579. The van der Waals surface area contributed by atoms with E-state index < -0.39 is 0 Å². The normalized spacial score (nSPS) is 31.3. The van der Waals surface area contributed by atoms with Crippen LogP contribution >= 0.6 is 0 Å². The lowest BCUT2D eigenvalue weighted by Gasteiger charge is -2.59. The topological polar surface area (TPSA) is 36.1 Å². The van der Waals surface area contributed by atoms with Crippen LogP contribution in [0.25, 0.3) is 0 Å². The SMILES string of the molecule is C=C/C=C(\CC)C(=C)NC1CC2(C1)CC(C1Cc3ccc(NC)cc3N1)C2. The van der Waals surface area contributed by atoms with Gasteiger partial charge >= 0.3 is 0 Å². The molecular formula is C24H33N3. The molecule has 0 bridgehead atoms. The fourth-order valence-electron chi connectivity index (χ4n) is 5.49. The van der Waals surface area contributed by atoms with Gasteiger partial charge in [0.2, 0.25) is 0 Å². The zero-order valence-corrected chi connectivity index (χ0v) is 16.8. The van der Waals surface area contributed by atoms with E-state index in [1.54, 1.807) is 0 Å². The number of rotatable bonds is 7. The molecule has 3 aliphatic rings. The molecule has 1 aromatic carbocycles. The van der Waals surface area contributed by atoms with E-state index in [0.29, 0.717) is 17.5 Å². The highest BCUT2D eigenvalue weighted by atomic mass is 15.0. The third kappa shape index (κ3) is 3.40. The standard InChI is InChI=1S/C24H33N3/c1-5-7-17(6-2)16(3)26-21-14-24(15-21)12-19(13-24)22-10-18-8-9-20(25-4)11-23(18)27-22/h5,7-9,11,19,21-22,25-27H,1,3,6,10,12-15H2,2,4H3/b17-7+. The van der Waals surface area contributed by atoms with Crippen molar-refractivity contribution in [3.63, 3.8) is 0 Å². The van der Waals surface area contributed by atoms with Gasteiger partial charge < -0.3 is 16.0 Å². The summed E-state index contributed by atoms with van der Waals surface area (Å²) in [7, 11) is 1.98. The van der Waals surface area contributed by atoms with Crippen LogP contribution in [0.3, 0.4) is 0 Å². The van der Waals surface area contributed by atoms with Gasteiger partial charge in [0.15, 0.2) is 0 Å². The maximum absolute atomic E-state index is 4.23. The lowest BCUT2D eigenvalue weighted by Crippen LogP contribution is -2.57. The smallest absolute Gasteiger partial charge is 0.0396 e. The molecule has 1 aromatic rings. The molecule has 3 heteroatoms. The summed E-state index contributed by atoms with van der Waals surface area (Å²) in [5.41, 5.74) is 6.96. The molecule has 2 aliphatic carbocycles. The van der Waals surface area contributed by atoms with E-state index in [2.05, 4.69) is 60.3 Å². The Kier molecular flexibility index (Phi) is 4.79. The third-order valence-electron chi connectivity index (χ3n) is 6.96. The zero-order valence-electron chi connectivity index (χ0n) is 16.8. The van der Waals surface area contributed by atoms with E-state index in [9.17, 15) is 0 Å². The van der Waals surface area contributed by atoms with Gasteiger partial charge in [-0.05, 0) is 73.1 Å². The van der Waals surface area contributed by atoms with Crippen LogP contribution < -0.4 is 16.0 Å². The summed E-state index contributed by atoms with van der Waals surface area (Å²) in [4.78, 5) is 0. The van der Waals surface area contributed by atoms with Crippen LogP contribution in [-0.4, -0.2) is 19.1 Å². The minimum atomic E-state index is 0.601. The number of hydrogen-bond donors (Lipinski definition) is 3. The Balaban J connectivity index is 1.25. The van der Waals surface area contributed by atoms with Gasteiger partial charge in [-0.15, -0.1) is 0 Å². The summed E-state index contributed by atoms with van der Waals surface area (Å²) < 4.78 is 0. The van der Waals surface area contributed by atoms with E-state index in [1.807, 2.05) is 13.1 Å². The van der Waals surface area contributed by atoms with Crippen molar-refractivity contribution in [2.75, 3.05) is 17.7 Å². The molecule has 144 valence electrons. The fourth-order valence-corrected chi connectivity index (χ4v) is 5.49. The van der Waals surface area contributed by atoms with Gasteiger partial charge in [0.05, 0.1) is 0 Å². The average molecular weight is 364 g/mol. The lowest BCUT2D eigenvalue weighted by molar-refractivity contribution is -0.0522. The summed E-state index contributed by atoms with van der Waals surface area (Å²) in [6, 6.07) is 7.94. The minimum absolute atomic E-state index is 0.601. The largest absolute Gasteiger partial charge is 0.388 e. The van der Waals surface area contributed by atoms with Crippen LogP contribution in [0.5, 0.6) is 0 Å². The van der Waals surface area contributed by atoms with Crippen LogP contribution in [0, 0.1) is 11.3 Å². The Hall–Kier alpha value is -2.16. The van der Waals surface area contributed by atoms with Crippen LogP contribution in [0.4, 0.5) is 11.4 Å². The van der Waals surface area contributed by atoms with Crippen molar-refractivity contribution in [2.24, 2.45) is 11.3 Å². The first-order chi connectivity index (χ1) is 13.1. The third-order valence-corrected chi connectivity index (χ3v) is 6.96. The molecule has 27 heavy (non-hydrogen) atoms. The van der Waals surface area contributed by atoms with E-state index in [0.717, 1.165) is 18.0 Å². The van der Waals surface area contributed by atoms with Gasteiger partial charge in [0, 0.05) is 36.2 Å². The van der Waals surface area contributed by atoms with Crippen LogP contribution in [-0.2, 0) is 6.42 Å². The van der Waals surface area contributed by atoms with Gasteiger partial charge in [-0.2, -0.15) is 0 Å². The van der Waals surface area contributed by atoms with Crippen LogP contribution in [0.2, 0.25) is 0 Å². The number of nitrogens with one attached hydrogen (secondary N) is 3. The average Bonchev–Trinajstić information content (AvgIpc) is 3.02. The van der Waals surface area contributed by atoms with Gasteiger partial charge in [0.25, 0.3) is 0 Å². The maximum atomic E-state index is 4.23. The first kappa shape index (κ1) is 18.2. The summed E-state index contributed by atoms with van der Waals surface area (Å²) in [5, 5.41) is 10.7. The molecule has 3 N–H and O–H groups in total. The molecule has 1 atom stereocenters. The second kappa shape index (κ2) is 7.10. The van der Waals surface area contributed by atoms with E-state index in [1.165, 1.54) is 54.6 Å². The molecule has 2 saturated carbocycles. The molecular weight excluding hydrogens is 330 g/mol. The predicted molar refractivity (Wildman–Crippen MR) is 116 cm³/mol. The Morgan fingerprint density at radius 2 is 2.07 bits per heavy atom. The molecule has 0 amide bonds. The first-order valence-corrected chi connectivity index (χ1v) is 10.4. The summed E-state index contributed by atoms with van der Waals surface area (Å²) in [6.07, 6.45) is 11.5. The second-order valence-electron chi connectivity index (χ2n) is 8.75. The Morgan fingerprint density at radius 1 is 1.30 bits per heavy atom. The van der Waals surface area contributed by atoms with Crippen molar-refractivity contribution in [3.8, 4) is 0 Å². The second-order valence-corrected chi connectivity index (χ2v) is 8.75. The summed E-state index contributed by atoms with van der Waals surface area (Å²) in [6.45, 7) is 10.2. The minimum Gasteiger partial charge on any atom is -0.388 e. The molecule has 1 heterocycles. The highest BCUT2D eigenvalue weighted by Crippen LogP contribution is 2.60. The Morgan fingerprint density at radius 3 is 2.74 bits per heavy atom. The van der Waals surface area contributed by atoms with E-state index >= 15 is 0 Å².